The molecule has 0 spiro atoms. The minimum absolute atomic E-state index is 0.136. The van der Waals surface area contributed by atoms with Crippen LogP contribution in [0.25, 0.3) is 0 Å². The first-order valence-corrected chi connectivity index (χ1v) is 11.0. The van der Waals surface area contributed by atoms with E-state index in [0.717, 1.165) is 17.7 Å². The highest BCUT2D eigenvalue weighted by atomic mass is 16.5. The van der Waals surface area contributed by atoms with Crippen molar-refractivity contribution in [2.75, 3.05) is 38.9 Å². The summed E-state index contributed by atoms with van der Waals surface area (Å²) in [5, 5.41) is 3.01. The Morgan fingerprint density at radius 2 is 1.78 bits per heavy atom. The Bertz CT molecular complexity index is 919. The van der Waals surface area contributed by atoms with Crippen LogP contribution in [0.1, 0.15) is 49.0 Å². The van der Waals surface area contributed by atoms with Gasteiger partial charge in [-0.2, -0.15) is 0 Å². The normalized spacial score (nSPS) is 15.0. The first-order valence-electron chi connectivity index (χ1n) is 11.0. The van der Waals surface area contributed by atoms with Crippen LogP contribution in [0.4, 0.5) is 5.69 Å². The summed E-state index contributed by atoms with van der Waals surface area (Å²) in [7, 11) is 1.61. The maximum absolute atomic E-state index is 13.6. The largest absolute Gasteiger partial charge is 0.497 e. The topological polar surface area (TPSA) is 83.1 Å². The fourth-order valence-corrected chi connectivity index (χ4v) is 3.84. The number of nitrogens with one attached hydrogen (secondary N) is 1. The average Bonchev–Trinajstić information content (AvgIpc) is 2.83. The molecule has 0 aromatic heterocycles. The van der Waals surface area contributed by atoms with Crippen LogP contribution in [0, 0.1) is 0 Å². The molecule has 0 unspecified atom stereocenters. The Morgan fingerprint density at radius 3 is 2.41 bits per heavy atom. The van der Waals surface area contributed by atoms with Crippen molar-refractivity contribution in [1.82, 2.24) is 0 Å². The van der Waals surface area contributed by atoms with E-state index in [2.05, 4.69) is 5.32 Å². The number of rotatable bonds is 9. The number of anilines is 1. The zero-order valence-electron chi connectivity index (χ0n) is 18.9. The molecular formula is C25H31NO6. The summed E-state index contributed by atoms with van der Waals surface area (Å²) in [6.07, 6.45) is 1.94. The predicted octanol–water partition coefficient (Wildman–Crippen LogP) is 4.35. The SMILES string of the molecule is CCCOc1ccc(NC(=O)C2(c3ccc(OC)cc3)CCOCC2)cc1C(=O)OCC. The van der Waals surface area contributed by atoms with Gasteiger partial charge >= 0.3 is 5.97 Å². The molecule has 1 heterocycles. The van der Waals surface area contributed by atoms with E-state index in [9.17, 15) is 9.59 Å². The monoisotopic (exact) mass is 441 g/mol. The third-order valence-corrected chi connectivity index (χ3v) is 5.62. The van der Waals surface area contributed by atoms with Gasteiger partial charge in [-0.15, -0.1) is 0 Å². The van der Waals surface area contributed by atoms with Gasteiger partial charge in [0.1, 0.15) is 17.1 Å². The third kappa shape index (κ3) is 5.22. The zero-order valence-corrected chi connectivity index (χ0v) is 18.9. The molecule has 3 rings (SSSR count). The molecule has 0 aliphatic carbocycles. The highest BCUT2D eigenvalue weighted by Crippen LogP contribution is 2.37. The molecule has 0 atom stereocenters. The van der Waals surface area contributed by atoms with Crippen LogP contribution in [0.5, 0.6) is 11.5 Å². The van der Waals surface area contributed by atoms with Gasteiger partial charge in [0.2, 0.25) is 5.91 Å². The third-order valence-electron chi connectivity index (χ3n) is 5.62. The molecule has 1 saturated heterocycles. The van der Waals surface area contributed by atoms with Crippen LogP contribution in [-0.2, 0) is 19.7 Å². The minimum atomic E-state index is -0.730. The van der Waals surface area contributed by atoms with E-state index in [1.54, 1.807) is 32.2 Å². The van der Waals surface area contributed by atoms with Crippen molar-refractivity contribution in [2.24, 2.45) is 0 Å². The molecule has 7 nitrogen and oxygen atoms in total. The fraction of sp³-hybridized carbons (Fsp3) is 0.440. The van der Waals surface area contributed by atoms with Gasteiger partial charge in [0, 0.05) is 18.9 Å². The second-order valence-corrected chi connectivity index (χ2v) is 7.66. The van der Waals surface area contributed by atoms with Crippen molar-refractivity contribution >= 4 is 17.6 Å². The Labute approximate surface area is 189 Å². The number of carbonyl (C=O) groups is 2. The van der Waals surface area contributed by atoms with Gasteiger partial charge < -0.3 is 24.3 Å². The molecular weight excluding hydrogens is 410 g/mol. The smallest absolute Gasteiger partial charge is 0.341 e. The summed E-state index contributed by atoms with van der Waals surface area (Å²) >= 11 is 0. The van der Waals surface area contributed by atoms with Gasteiger partial charge in [0.15, 0.2) is 0 Å². The lowest BCUT2D eigenvalue weighted by Crippen LogP contribution is -2.44. The average molecular weight is 442 g/mol. The van der Waals surface area contributed by atoms with E-state index in [0.29, 0.717) is 49.7 Å². The summed E-state index contributed by atoms with van der Waals surface area (Å²) in [5.74, 6) is 0.561. The number of hydrogen-bond acceptors (Lipinski definition) is 6. The first kappa shape index (κ1) is 23.6. The van der Waals surface area contributed by atoms with Gasteiger partial charge in [-0.25, -0.2) is 4.79 Å². The molecule has 2 aromatic carbocycles. The van der Waals surface area contributed by atoms with E-state index in [1.807, 2.05) is 31.2 Å². The maximum atomic E-state index is 13.6. The standard InChI is InChI=1S/C25H31NO6/c1-4-14-32-22-11-8-19(17-21(22)23(27)31-5-2)26-24(28)25(12-15-30-16-13-25)18-6-9-20(29-3)10-7-18/h6-11,17H,4-5,12-16H2,1-3H3,(H,26,28). The number of hydrogen-bond donors (Lipinski definition) is 1. The summed E-state index contributed by atoms with van der Waals surface area (Å²) < 4.78 is 21.7. The summed E-state index contributed by atoms with van der Waals surface area (Å²) in [6.45, 7) is 5.47. The lowest BCUT2D eigenvalue weighted by molar-refractivity contribution is -0.125. The lowest BCUT2D eigenvalue weighted by atomic mass is 9.73. The van der Waals surface area contributed by atoms with Crippen LogP contribution in [0.3, 0.4) is 0 Å². The molecule has 0 saturated carbocycles. The van der Waals surface area contributed by atoms with Crippen molar-refractivity contribution in [1.29, 1.82) is 0 Å². The Balaban J connectivity index is 1.89. The summed E-state index contributed by atoms with van der Waals surface area (Å²) in [6, 6.07) is 12.6. The van der Waals surface area contributed by atoms with E-state index in [1.165, 1.54) is 0 Å². The van der Waals surface area contributed by atoms with E-state index in [4.69, 9.17) is 18.9 Å². The van der Waals surface area contributed by atoms with E-state index >= 15 is 0 Å². The molecule has 0 bridgehead atoms. The predicted molar refractivity (Wildman–Crippen MR) is 122 cm³/mol. The molecule has 1 N–H and O–H groups in total. The van der Waals surface area contributed by atoms with E-state index < -0.39 is 11.4 Å². The molecule has 32 heavy (non-hydrogen) atoms. The van der Waals surface area contributed by atoms with Gasteiger partial charge in [-0.05, 0) is 62.1 Å². The van der Waals surface area contributed by atoms with Gasteiger partial charge in [0.25, 0.3) is 0 Å². The zero-order chi connectivity index (χ0) is 23.0. The highest BCUT2D eigenvalue weighted by Gasteiger charge is 2.41. The summed E-state index contributed by atoms with van der Waals surface area (Å²) in [5.41, 5.74) is 0.990. The van der Waals surface area contributed by atoms with Crippen LogP contribution in [0.2, 0.25) is 0 Å². The number of esters is 1. The number of ether oxygens (including phenoxy) is 4. The van der Waals surface area contributed by atoms with Crippen molar-refractivity contribution in [3.05, 3.63) is 53.6 Å². The van der Waals surface area contributed by atoms with Crippen molar-refractivity contribution in [3.8, 4) is 11.5 Å². The Hall–Kier alpha value is -3.06. The van der Waals surface area contributed by atoms with Crippen LogP contribution in [0.15, 0.2) is 42.5 Å². The van der Waals surface area contributed by atoms with Gasteiger partial charge in [-0.3, -0.25) is 4.79 Å². The van der Waals surface area contributed by atoms with Crippen LogP contribution < -0.4 is 14.8 Å². The summed E-state index contributed by atoms with van der Waals surface area (Å²) in [4.78, 5) is 26.0. The van der Waals surface area contributed by atoms with Crippen molar-refractivity contribution < 1.29 is 28.5 Å². The molecule has 172 valence electrons. The maximum Gasteiger partial charge on any atom is 0.341 e. The van der Waals surface area contributed by atoms with Crippen LogP contribution >= 0.6 is 0 Å². The highest BCUT2D eigenvalue weighted by molar-refractivity contribution is 6.01. The van der Waals surface area contributed by atoms with Crippen molar-refractivity contribution in [2.45, 2.75) is 38.5 Å². The molecule has 0 radical (unpaired) electrons. The van der Waals surface area contributed by atoms with Gasteiger partial charge in [-0.1, -0.05) is 19.1 Å². The quantitative estimate of drug-likeness (QED) is 0.583. The van der Waals surface area contributed by atoms with Crippen molar-refractivity contribution in [3.63, 3.8) is 0 Å². The number of methoxy groups -OCH3 is 1. The second-order valence-electron chi connectivity index (χ2n) is 7.66. The fourth-order valence-electron chi connectivity index (χ4n) is 3.84. The van der Waals surface area contributed by atoms with Gasteiger partial charge in [0.05, 0.1) is 25.7 Å². The first-order chi connectivity index (χ1) is 15.5. The molecule has 2 aromatic rings. The molecule has 1 fully saturated rings. The molecule has 1 aliphatic rings. The van der Waals surface area contributed by atoms with E-state index in [-0.39, 0.29) is 12.5 Å². The lowest BCUT2D eigenvalue weighted by Gasteiger charge is -2.36. The number of benzene rings is 2. The molecule has 7 heteroatoms. The minimum Gasteiger partial charge on any atom is -0.497 e. The Kier molecular flexibility index (Phi) is 8.11. The Morgan fingerprint density at radius 1 is 1.06 bits per heavy atom. The number of amides is 1. The number of carbonyl (C=O) groups excluding carboxylic acids is 2. The molecule has 1 aliphatic heterocycles. The van der Waals surface area contributed by atoms with Crippen LogP contribution in [-0.4, -0.2) is 45.4 Å². The molecule has 1 amide bonds. The second kappa shape index (κ2) is 11.0.